The standard InChI is InChI=1S/C14H15N3O3S/c1-10-8-12(4-3-7-18)5-6-13(10)17-21(19,20)14-9-15-11(2)16-14/h5-6,8-9,17-18H,7H2,1-2H3,(H,15,16). The average Bonchev–Trinajstić information content (AvgIpc) is 2.86. The van der Waals surface area contributed by atoms with Gasteiger partial charge in [0.05, 0.1) is 11.9 Å². The molecule has 110 valence electrons. The first-order chi connectivity index (χ1) is 9.92. The number of aliphatic hydroxyl groups excluding tert-OH is 1. The van der Waals surface area contributed by atoms with Crippen molar-refractivity contribution >= 4 is 15.7 Å². The Bertz CT molecular complexity index is 813. The molecule has 0 fully saturated rings. The summed E-state index contributed by atoms with van der Waals surface area (Å²) in [5, 5.41) is 8.67. The van der Waals surface area contributed by atoms with E-state index in [0.29, 0.717) is 17.1 Å². The maximum absolute atomic E-state index is 12.2. The Kier molecular flexibility index (Phi) is 4.31. The van der Waals surface area contributed by atoms with Crippen molar-refractivity contribution < 1.29 is 13.5 Å². The molecule has 1 aromatic carbocycles. The lowest BCUT2D eigenvalue weighted by Crippen LogP contribution is -2.14. The summed E-state index contributed by atoms with van der Waals surface area (Å²) in [7, 11) is -3.69. The molecule has 0 aliphatic heterocycles. The zero-order valence-electron chi connectivity index (χ0n) is 11.6. The molecule has 2 rings (SSSR count). The number of nitrogens with one attached hydrogen (secondary N) is 2. The molecule has 3 N–H and O–H groups in total. The maximum atomic E-state index is 12.2. The van der Waals surface area contributed by atoms with Crippen LogP contribution in [0, 0.1) is 25.7 Å². The number of nitrogens with zero attached hydrogens (tertiary/aromatic N) is 1. The Morgan fingerprint density at radius 3 is 2.71 bits per heavy atom. The summed E-state index contributed by atoms with van der Waals surface area (Å²) < 4.78 is 26.9. The van der Waals surface area contributed by atoms with Crippen LogP contribution in [0.2, 0.25) is 0 Å². The van der Waals surface area contributed by atoms with Gasteiger partial charge >= 0.3 is 0 Å². The van der Waals surface area contributed by atoms with Crippen molar-refractivity contribution in [1.82, 2.24) is 9.97 Å². The van der Waals surface area contributed by atoms with Crippen molar-refractivity contribution in [3.8, 4) is 11.8 Å². The number of imidazole rings is 1. The molecule has 0 spiro atoms. The number of aromatic nitrogens is 2. The normalized spacial score (nSPS) is 10.8. The summed E-state index contributed by atoms with van der Waals surface area (Å²) in [6, 6.07) is 5.07. The third-order valence-corrected chi connectivity index (χ3v) is 4.03. The molecule has 0 aliphatic carbocycles. The molecule has 0 unspecified atom stereocenters. The minimum absolute atomic E-state index is 0.0172. The van der Waals surface area contributed by atoms with Gasteiger partial charge in [-0.3, -0.25) is 4.72 Å². The lowest BCUT2D eigenvalue weighted by atomic mass is 10.1. The van der Waals surface area contributed by atoms with E-state index in [1.165, 1.54) is 6.20 Å². The predicted molar refractivity (Wildman–Crippen MR) is 79.3 cm³/mol. The minimum Gasteiger partial charge on any atom is -0.384 e. The van der Waals surface area contributed by atoms with Crippen molar-refractivity contribution in [3.63, 3.8) is 0 Å². The number of hydrogen-bond donors (Lipinski definition) is 3. The quantitative estimate of drug-likeness (QED) is 0.742. The maximum Gasteiger partial charge on any atom is 0.278 e. The van der Waals surface area contributed by atoms with Gasteiger partial charge < -0.3 is 10.1 Å². The van der Waals surface area contributed by atoms with Crippen LogP contribution in [0.3, 0.4) is 0 Å². The summed E-state index contributed by atoms with van der Waals surface area (Å²) >= 11 is 0. The van der Waals surface area contributed by atoms with Crippen molar-refractivity contribution in [3.05, 3.63) is 41.3 Å². The molecule has 6 nitrogen and oxygen atoms in total. The molecule has 1 aromatic heterocycles. The topological polar surface area (TPSA) is 95.1 Å². The summed E-state index contributed by atoms with van der Waals surface area (Å²) in [5.41, 5.74) is 1.92. The molecular formula is C14H15N3O3S. The molecule has 1 heterocycles. The first-order valence-corrected chi connectivity index (χ1v) is 7.65. The zero-order chi connectivity index (χ0) is 15.5. The predicted octanol–water partition coefficient (Wildman–Crippen LogP) is 1.17. The molecule has 0 aliphatic rings. The van der Waals surface area contributed by atoms with E-state index in [0.717, 1.165) is 5.56 Å². The van der Waals surface area contributed by atoms with Gasteiger partial charge in [0.25, 0.3) is 10.0 Å². The third-order valence-electron chi connectivity index (χ3n) is 2.75. The largest absolute Gasteiger partial charge is 0.384 e. The number of rotatable bonds is 3. The molecule has 21 heavy (non-hydrogen) atoms. The van der Waals surface area contributed by atoms with Crippen LogP contribution in [0.1, 0.15) is 17.0 Å². The number of anilines is 1. The number of aromatic amines is 1. The van der Waals surface area contributed by atoms with Crippen LogP contribution >= 0.6 is 0 Å². The lowest BCUT2D eigenvalue weighted by Gasteiger charge is -2.09. The van der Waals surface area contributed by atoms with Crippen LogP contribution in [-0.2, 0) is 10.0 Å². The van der Waals surface area contributed by atoms with Crippen LogP contribution in [0.15, 0.2) is 29.4 Å². The van der Waals surface area contributed by atoms with Crippen molar-refractivity contribution in [2.75, 3.05) is 11.3 Å². The highest BCUT2D eigenvalue weighted by atomic mass is 32.2. The Balaban J connectivity index is 2.27. The van der Waals surface area contributed by atoms with Gasteiger partial charge in [-0.15, -0.1) is 0 Å². The third kappa shape index (κ3) is 3.62. The van der Waals surface area contributed by atoms with E-state index < -0.39 is 10.0 Å². The Morgan fingerprint density at radius 1 is 1.38 bits per heavy atom. The second-order valence-electron chi connectivity index (χ2n) is 4.43. The smallest absolute Gasteiger partial charge is 0.278 e. The molecule has 0 atom stereocenters. The SMILES string of the molecule is Cc1ncc(S(=O)(=O)Nc2ccc(C#CCO)cc2C)[nH]1. The molecule has 0 amide bonds. The van der Waals surface area contributed by atoms with Gasteiger partial charge in [-0.25, -0.2) is 4.98 Å². The molecule has 2 aromatic rings. The fraction of sp³-hybridized carbons (Fsp3) is 0.214. The van der Waals surface area contributed by atoms with E-state index >= 15 is 0 Å². The van der Waals surface area contributed by atoms with E-state index in [1.54, 1.807) is 32.0 Å². The Morgan fingerprint density at radius 2 is 2.14 bits per heavy atom. The number of hydrogen-bond acceptors (Lipinski definition) is 4. The van der Waals surface area contributed by atoms with E-state index in [1.807, 2.05) is 0 Å². The van der Waals surface area contributed by atoms with E-state index in [2.05, 4.69) is 26.5 Å². The number of aliphatic hydroxyl groups is 1. The van der Waals surface area contributed by atoms with Gasteiger partial charge in [-0.2, -0.15) is 8.42 Å². The fourth-order valence-electron chi connectivity index (χ4n) is 1.73. The number of aryl methyl sites for hydroxylation is 2. The van der Waals surface area contributed by atoms with Gasteiger partial charge in [0.1, 0.15) is 12.4 Å². The van der Waals surface area contributed by atoms with Gasteiger partial charge in [0.2, 0.25) is 0 Å². The highest BCUT2D eigenvalue weighted by molar-refractivity contribution is 7.92. The molecule has 0 radical (unpaired) electrons. The van der Waals surface area contributed by atoms with Crippen molar-refractivity contribution in [2.45, 2.75) is 18.9 Å². The number of sulfonamides is 1. The summed E-state index contributed by atoms with van der Waals surface area (Å²) in [6.45, 7) is 3.24. The van der Waals surface area contributed by atoms with E-state index in [-0.39, 0.29) is 11.6 Å². The highest BCUT2D eigenvalue weighted by Gasteiger charge is 2.17. The van der Waals surface area contributed by atoms with Crippen LogP contribution in [0.4, 0.5) is 5.69 Å². The van der Waals surface area contributed by atoms with Crippen molar-refractivity contribution in [2.24, 2.45) is 0 Å². The lowest BCUT2D eigenvalue weighted by molar-refractivity contribution is 0.350. The average molecular weight is 305 g/mol. The Labute approximate surface area is 123 Å². The van der Waals surface area contributed by atoms with Gasteiger partial charge in [0, 0.05) is 5.56 Å². The second-order valence-corrected chi connectivity index (χ2v) is 6.08. The van der Waals surface area contributed by atoms with Crippen LogP contribution in [-0.4, -0.2) is 30.1 Å². The van der Waals surface area contributed by atoms with E-state index in [4.69, 9.17) is 5.11 Å². The highest BCUT2D eigenvalue weighted by Crippen LogP contribution is 2.20. The fourth-order valence-corrected chi connectivity index (χ4v) is 2.83. The van der Waals surface area contributed by atoms with Gasteiger partial charge in [-0.1, -0.05) is 11.8 Å². The molecule has 0 saturated heterocycles. The van der Waals surface area contributed by atoms with Crippen LogP contribution in [0.25, 0.3) is 0 Å². The number of benzene rings is 1. The van der Waals surface area contributed by atoms with Crippen LogP contribution < -0.4 is 4.72 Å². The summed E-state index contributed by atoms with van der Waals surface area (Å²) in [4.78, 5) is 6.56. The van der Waals surface area contributed by atoms with Gasteiger partial charge in [0.15, 0.2) is 5.03 Å². The summed E-state index contributed by atoms with van der Waals surface area (Å²) in [5.74, 6) is 5.84. The number of H-pyrrole nitrogens is 1. The molecule has 0 bridgehead atoms. The second kappa shape index (κ2) is 5.99. The molecule has 7 heteroatoms. The van der Waals surface area contributed by atoms with Gasteiger partial charge in [-0.05, 0) is 37.6 Å². The first-order valence-electron chi connectivity index (χ1n) is 6.17. The monoisotopic (exact) mass is 305 g/mol. The molecule has 0 saturated carbocycles. The zero-order valence-corrected chi connectivity index (χ0v) is 12.5. The molecular weight excluding hydrogens is 290 g/mol. The summed E-state index contributed by atoms with van der Waals surface area (Å²) in [6.07, 6.45) is 1.27. The van der Waals surface area contributed by atoms with Crippen molar-refractivity contribution in [1.29, 1.82) is 0 Å². The van der Waals surface area contributed by atoms with Crippen LogP contribution in [0.5, 0.6) is 0 Å². The minimum atomic E-state index is -3.69. The first kappa shape index (κ1) is 15.1. The van der Waals surface area contributed by atoms with E-state index in [9.17, 15) is 8.42 Å². The Hall–Kier alpha value is -2.30.